The van der Waals surface area contributed by atoms with Crippen LogP contribution >= 0.6 is 11.6 Å². The van der Waals surface area contributed by atoms with E-state index in [-0.39, 0.29) is 31.9 Å². The molecule has 3 aromatic carbocycles. The van der Waals surface area contributed by atoms with Crippen LogP contribution in [0.1, 0.15) is 24.0 Å². The summed E-state index contributed by atoms with van der Waals surface area (Å²) in [6, 6.07) is 13.8. The van der Waals surface area contributed by atoms with Crippen molar-refractivity contribution in [1.82, 2.24) is 0 Å². The van der Waals surface area contributed by atoms with E-state index < -0.39 is 33.5 Å². The standard InChI is InChI=1S/C22H16ClF3O5S/c1-13(21(27)28)14-9-15(22(24,25)26)11-16(10-14)31-20-8-7-18(12-19(20)23)32(29,30)17-5-3-2-4-6-17/h2-13H,1H3,(H,27,28). The predicted molar refractivity (Wildman–Crippen MR) is 111 cm³/mol. The van der Waals surface area contributed by atoms with E-state index in [9.17, 15) is 26.4 Å². The Balaban J connectivity index is 1.99. The summed E-state index contributed by atoms with van der Waals surface area (Å²) >= 11 is 6.15. The van der Waals surface area contributed by atoms with Crippen LogP contribution in [-0.4, -0.2) is 19.5 Å². The zero-order chi connectivity index (χ0) is 23.7. The third-order valence-corrected chi connectivity index (χ3v) is 6.68. The normalized spacial score (nSPS) is 12.9. The first kappa shape index (κ1) is 23.6. The lowest BCUT2D eigenvalue weighted by Crippen LogP contribution is -2.11. The van der Waals surface area contributed by atoms with Crippen molar-refractivity contribution < 1.29 is 36.2 Å². The van der Waals surface area contributed by atoms with Crippen LogP contribution in [0.5, 0.6) is 11.5 Å². The Hall–Kier alpha value is -3.04. The summed E-state index contributed by atoms with van der Waals surface area (Å²) in [6.07, 6.45) is -4.73. The monoisotopic (exact) mass is 484 g/mol. The van der Waals surface area contributed by atoms with Gasteiger partial charge in [0.15, 0.2) is 0 Å². The van der Waals surface area contributed by atoms with E-state index in [4.69, 9.17) is 21.4 Å². The lowest BCUT2D eigenvalue weighted by atomic mass is 9.98. The fourth-order valence-corrected chi connectivity index (χ4v) is 4.42. The number of hydrogen-bond donors (Lipinski definition) is 1. The number of hydrogen-bond acceptors (Lipinski definition) is 4. The maximum Gasteiger partial charge on any atom is 0.416 e. The molecule has 3 rings (SSSR count). The molecule has 1 N–H and O–H groups in total. The molecule has 0 heterocycles. The molecule has 0 amide bonds. The van der Waals surface area contributed by atoms with Crippen LogP contribution in [0.15, 0.2) is 76.5 Å². The van der Waals surface area contributed by atoms with Gasteiger partial charge in [-0.3, -0.25) is 4.79 Å². The summed E-state index contributed by atoms with van der Waals surface area (Å²) in [7, 11) is -3.86. The molecular weight excluding hydrogens is 469 g/mol. The molecule has 0 aliphatic rings. The minimum absolute atomic E-state index is 0.0508. The summed E-state index contributed by atoms with van der Waals surface area (Å²) in [5, 5.41) is 9.01. The Morgan fingerprint density at radius 2 is 1.66 bits per heavy atom. The Kier molecular flexibility index (Phi) is 6.52. The van der Waals surface area contributed by atoms with E-state index in [1.807, 2.05) is 0 Å². The van der Waals surface area contributed by atoms with Crippen LogP contribution in [0, 0.1) is 0 Å². The molecule has 0 radical (unpaired) electrons. The molecule has 0 bridgehead atoms. The van der Waals surface area contributed by atoms with Gasteiger partial charge in [0.1, 0.15) is 11.5 Å². The molecule has 0 aromatic heterocycles. The lowest BCUT2D eigenvalue weighted by molar-refractivity contribution is -0.140. The van der Waals surface area contributed by atoms with Gasteiger partial charge in [0.2, 0.25) is 9.84 Å². The number of carboxylic acids is 1. The fourth-order valence-electron chi connectivity index (χ4n) is 2.83. The van der Waals surface area contributed by atoms with E-state index in [0.29, 0.717) is 6.07 Å². The van der Waals surface area contributed by atoms with Gasteiger partial charge in [-0.15, -0.1) is 0 Å². The topological polar surface area (TPSA) is 80.7 Å². The van der Waals surface area contributed by atoms with Gasteiger partial charge in [-0.05, 0) is 61.0 Å². The van der Waals surface area contributed by atoms with Crippen molar-refractivity contribution in [1.29, 1.82) is 0 Å². The molecule has 1 unspecified atom stereocenters. The number of alkyl halides is 3. The minimum Gasteiger partial charge on any atom is -0.481 e. The molecule has 10 heteroatoms. The van der Waals surface area contributed by atoms with Crippen molar-refractivity contribution >= 4 is 27.4 Å². The molecule has 0 saturated carbocycles. The summed E-state index contributed by atoms with van der Waals surface area (Å²) in [4.78, 5) is 11.2. The van der Waals surface area contributed by atoms with E-state index in [2.05, 4.69) is 0 Å². The van der Waals surface area contributed by atoms with Crippen molar-refractivity contribution in [2.75, 3.05) is 0 Å². The minimum atomic E-state index is -4.73. The number of carboxylic acid groups (broad SMARTS) is 1. The first-order valence-corrected chi connectivity index (χ1v) is 11.0. The number of benzene rings is 3. The second-order valence-corrected chi connectivity index (χ2v) is 9.22. The Morgan fingerprint density at radius 1 is 1.00 bits per heavy atom. The number of carbonyl (C=O) groups is 1. The first-order valence-electron chi connectivity index (χ1n) is 9.12. The number of rotatable bonds is 6. The van der Waals surface area contributed by atoms with Crippen LogP contribution in [0.4, 0.5) is 13.2 Å². The van der Waals surface area contributed by atoms with Crippen molar-refractivity contribution in [3.05, 3.63) is 82.9 Å². The summed E-state index contributed by atoms with van der Waals surface area (Å²) in [6.45, 7) is 1.25. The highest BCUT2D eigenvalue weighted by molar-refractivity contribution is 7.91. The lowest BCUT2D eigenvalue weighted by Gasteiger charge is -2.16. The quantitative estimate of drug-likeness (QED) is 0.452. The number of sulfone groups is 1. The second kappa shape index (κ2) is 8.84. The maximum atomic E-state index is 13.3. The van der Waals surface area contributed by atoms with E-state index in [0.717, 1.165) is 12.1 Å². The average molecular weight is 485 g/mol. The van der Waals surface area contributed by atoms with Crippen molar-refractivity contribution in [2.45, 2.75) is 28.8 Å². The largest absolute Gasteiger partial charge is 0.481 e. The van der Waals surface area contributed by atoms with Gasteiger partial charge in [-0.25, -0.2) is 8.42 Å². The van der Waals surface area contributed by atoms with Gasteiger partial charge in [0, 0.05) is 0 Å². The average Bonchev–Trinajstić information content (AvgIpc) is 2.74. The molecule has 5 nitrogen and oxygen atoms in total. The molecule has 0 aliphatic heterocycles. The summed E-state index contributed by atoms with van der Waals surface area (Å²) in [5.41, 5.74) is -1.20. The smallest absolute Gasteiger partial charge is 0.416 e. The third kappa shape index (κ3) is 5.05. The highest BCUT2D eigenvalue weighted by Gasteiger charge is 2.32. The summed E-state index contributed by atoms with van der Waals surface area (Å²) < 4.78 is 70.7. The summed E-state index contributed by atoms with van der Waals surface area (Å²) in [5.74, 6) is -2.90. The van der Waals surface area contributed by atoms with E-state index in [1.165, 1.54) is 37.3 Å². The van der Waals surface area contributed by atoms with Crippen molar-refractivity contribution in [3.63, 3.8) is 0 Å². The number of aliphatic carboxylic acids is 1. The Morgan fingerprint density at radius 3 is 2.22 bits per heavy atom. The van der Waals surface area contributed by atoms with E-state index in [1.54, 1.807) is 18.2 Å². The van der Waals surface area contributed by atoms with Crippen LogP contribution in [0.3, 0.4) is 0 Å². The van der Waals surface area contributed by atoms with Crippen LogP contribution in [0.25, 0.3) is 0 Å². The van der Waals surface area contributed by atoms with Crippen molar-refractivity contribution in [2.24, 2.45) is 0 Å². The van der Waals surface area contributed by atoms with Crippen molar-refractivity contribution in [3.8, 4) is 11.5 Å². The number of ether oxygens (including phenoxy) is 1. The number of halogens is 4. The second-order valence-electron chi connectivity index (χ2n) is 6.86. The van der Waals surface area contributed by atoms with Gasteiger partial charge in [-0.2, -0.15) is 13.2 Å². The molecule has 1 atom stereocenters. The van der Waals surface area contributed by atoms with Crippen LogP contribution in [-0.2, 0) is 20.8 Å². The van der Waals surface area contributed by atoms with Gasteiger partial charge < -0.3 is 9.84 Å². The molecule has 168 valence electrons. The van der Waals surface area contributed by atoms with E-state index >= 15 is 0 Å². The van der Waals surface area contributed by atoms with Gasteiger partial charge in [0.05, 0.1) is 26.3 Å². The maximum absolute atomic E-state index is 13.3. The highest BCUT2D eigenvalue weighted by Crippen LogP contribution is 2.38. The Labute approximate surface area is 186 Å². The molecule has 0 spiro atoms. The van der Waals surface area contributed by atoms with Gasteiger partial charge in [-0.1, -0.05) is 29.8 Å². The molecule has 0 fully saturated rings. The molecular formula is C22H16ClF3O5S. The zero-order valence-corrected chi connectivity index (χ0v) is 18.0. The Bertz CT molecular complexity index is 1260. The van der Waals surface area contributed by atoms with Crippen LogP contribution in [0.2, 0.25) is 5.02 Å². The van der Waals surface area contributed by atoms with Gasteiger partial charge in [0.25, 0.3) is 0 Å². The van der Waals surface area contributed by atoms with Crippen LogP contribution < -0.4 is 4.74 Å². The molecule has 0 aliphatic carbocycles. The highest BCUT2D eigenvalue weighted by atomic mass is 35.5. The fraction of sp³-hybridized carbons (Fsp3) is 0.136. The SMILES string of the molecule is CC(C(=O)O)c1cc(Oc2ccc(S(=O)(=O)c3ccccc3)cc2Cl)cc(C(F)(F)F)c1. The molecule has 0 saturated heterocycles. The molecule has 32 heavy (non-hydrogen) atoms. The first-order chi connectivity index (χ1) is 14.9. The van der Waals surface area contributed by atoms with Gasteiger partial charge >= 0.3 is 12.1 Å². The third-order valence-electron chi connectivity index (χ3n) is 4.62. The molecule has 3 aromatic rings. The zero-order valence-electron chi connectivity index (χ0n) is 16.4. The predicted octanol–water partition coefficient (Wildman–Crippen LogP) is 6.17.